The van der Waals surface area contributed by atoms with Crippen molar-refractivity contribution in [3.8, 4) is 5.75 Å². The summed E-state index contributed by atoms with van der Waals surface area (Å²) in [6.45, 7) is 2.76. The Morgan fingerprint density at radius 1 is 1.05 bits per heavy atom. The molecule has 3 aromatic carbocycles. The summed E-state index contributed by atoms with van der Waals surface area (Å²) < 4.78 is 59.1. The summed E-state index contributed by atoms with van der Waals surface area (Å²) >= 11 is 0.985. The van der Waals surface area contributed by atoms with Gasteiger partial charge in [0.25, 0.3) is 0 Å². The number of amidine groups is 1. The second-order valence-corrected chi connectivity index (χ2v) is 11.0. The number of amides is 2. The third-order valence-corrected chi connectivity index (χ3v) is 7.66. The Morgan fingerprint density at radius 3 is 2.48 bits per heavy atom. The van der Waals surface area contributed by atoms with Crippen molar-refractivity contribution >= 4 is 40.1 Å². The van der Waals surface area contributed by atoms with Crippen molar-refractivity contribution < 1.29 is 31.9 Å². The van der Waals surface area contributed by atoms with Crippen molar-refractivity contribution in [2.45, 2.75) is 57.0 Å². The van der Waals surface area contributed by atoms with Crippen LogP contribution in [0.25, 0.3) is 0 Å². The molecule has 0 aromatic heterocycles. The minimum atomic E-state index is -4.57. The first-order valence-electron chi connectivity index (χ1n) is 13.6. The second-order valence-electron chi connectivity index (χ2n) is 9.78. The number of thioether (sulfide) groups is 1. The van der Waals surface area contributed by atoms with Gasteiger partial charge in [0.15, 0.2) is 5.17 Å². The lowest BCUT2D eigenvalue weighted by atomic mass is 10.2. The Labute approximate surface area is 246 Å². The molecule has 4 rings (SSSR count). The van der Waals surface area contributed by atoms with Crippen LogP contribution in [0.4, 0.5) is 28.9 Å². The zero-order chi connectivity index (χ0) is 30.1. The van der Waals surface area contributed by atoms with Crippen LogP contribution in [-0.4, -0.2) is 33.7 Å². The van der Waals surface area contributed by atoms with E-state index in [1.165, 1.54) is 41.3 Å². The molecule has 0 radical (unpaired) electrons. The summed E-state index contributed by atoms with van der Waals surface area (Å²) in [5, 5.41) is 1.99. The average Bonchev–Trinajstić information content (AvgIpc) is 2.96. The Kier molecular flexibility index (Phi) is 10.6. The minimum absolute atomic E-state index is 0.0121. The number of nitrogens with one attached hydrogen (secondary N) is 1. The number of unbranched alkanes of at least 4 members (excludes halogenated alkanes) is 3. The van der Waals surface area contributed by atoms with Crippen molar-refractivity contribution in [2.75, 3.05) is 11.9 Å². The Bertz CT molecular complexity index is 1400. The van der Waals surface area contributed by atoms with Gasteiger partial charge in [0.1, 0.15) is 16.8 Å². The van der Waals surface area contributed by atoms with Crippen molar-refractivity contribution in [1.82, 2.24) is 4.90 Å². The molecule has 2 amide bonds. The quantitative estimate of drug-likeness (QED) is 0.179. The molecule has 1 saturated heterocycles. The molecule has 1 N–H and O–H groups in total. The van der Waals surface area contributed by atoms with Gasteiger partial charge in [-0.25, -0.2) is 9.38 Å². The number of aliphatic imine (C=N–C) groups is 1. The van der Waals surface area contributed by atoms with Crippen LogP contribution in [0, 0.1) is 5.82 Å². The molecule has 1 atom stereocenters. The van der Waals surface area contributed by atoms with E-state index in [2.05, 4.69) is 17.2 Å². The molecule has 1 heterocycles. The number of rotatable bonds is 11. The summed E-state index contributed by atoms with van der Waals surface area (Å²) in [5.41, 5.74) is 0.203. The molecule has 1 aliphatic heterocycles. The minimum Gasteiger partial charge on any atom is -0.494 e. The summed E-state index contributed by atoms with van der Waals surface area (Å²) in [6, 6.07) is 16.8. The molecule has 0 saturated carbocycles. The van der Waals surface area contributed by atoms with Crippen LogP contribution in [0.1, 0.15) is 50.2 Å². The number of ether oxygens (including phenoxy) is 1. The lowest BCUT2D eigenvalue weighted by molar-refractivity contribution is -0.137. The molecule has 1 aliphatic rings. The Balaban J connectivity index is 1.50. The van der Waals surface area contributed by atoms with Gasteiger partial charge in [-0.1, -0.05) is 56.1 Å². The molecule has 42 heavy (non-hydrogen) atoms. The number of carbonyl (C=O) groups is 2. The maximum absolute atomic E-state index is 13.4. The normalized spacial score (nSPS) is 16.5. The van der Waals surface area contributed by atoms with Crippen LogP contribution in [0.2, 0.25) is 0 Å². The number of hydrogen-bond donors (Lipinski definition) is 1. The zero-order valence-electron chi connectivity index (χ0n) is 23.0. The fraction of sp³-hybridized carbons (Fsp3) is 0.323. The highest BCUT2D eigenvalue weighted by molar-refractivity contribution is 8.15. The van der Waals surface area contributed by atoms with Gasteiger partial charge in [-0.2, -0.15) is 13.2 Å². The second kappa shape index (κ2) is 14.4. The Morgan fingerprint density at radius 2 is 1.79 bits per heavy atom. The first-order valence-corrected chi connectivity index (χ1v) is 14.5. The number of benzene rings is 3. The first kappa shape index (κ1) is 31.1. The van der Waals surface area contributed by atoms with Crippen molar-refractivity contribution in [1.29, 1.82) is 0 Å². The van der Waals surface area contributed by atoms with E-state index in [-0.39, 0.29) is 23.8 Å². The number of carbonyl (C=O) groups excluding carboxylic acids is 2. The number of nitrogens with zero attached hydrogens (tertiary/aromatic N) is 2. The number of alkyl halides is 3. The molecule has 222 valence electrons. The summed E-state index contributed by atoms with van der Waals surface area (Å²) in [4.78, 5) is 32.1. The van der Waals surface area contributed by atoms with Gasteiger partial charge in [-0.05, 0) is 66.6 Å². The summed E-state index contributed by atoms with van der Waals surface area (Å²) in [7, 11) is 0. The van der Waals surface area contributed by atoms with Gasteiger partial charge in [-0.15, -0.1) is 0 Å². The van der Waals surface area contributed by atoms with Crippen LogP contribution >= 0.6 is 11.8 Å². The molecule has 3 aromatic rings. The molecule has 0 bridgehead atoms. The van der Waals surface area contributed by atoms with Gasteiger partial charge in [0.2, 0.25) is 11.8 Å². The highest BCUT2D eigenvalue weighted by atomic mass is 32.2. The fourth-order valence-electron chi connectivity index (χ4n) is 4.21. The highest BCUT2D eigenvalue weighted by Crippen LogP contribution is 2.34. The van der Waals surface area contributed by atoms with Crippen LogP contribution in [0.5, 0.6) is 5.75 Å². The molecular formula is C31H31F4N3O3S. The lowest BCUT2D eigenvalue weighted by Gasteiger charge is -2.32. The van der Waals surface area contributed by atoms with Crippen LogP contribution in [0.15, 0.2) is 77.8 Å². The van der Waals surface area contributed by atoms with E-state index in [1.54, 1.807) is 24.3 Å². The van der Waals surface area contributed by atoms with E-state index in [0.29, 0.717) is 23.6 Å². The van der Waals surface area contributed by atoms with Gasteiger partial charge < -0.3 is 10.1 Å². The highest BCUT2D eigenvalue weighted by Gasteiger charge is 2.36. The fourth-order valence-corrected chi connectivity index (χ4v) is 5.31. The average molecular weight is 602 g/mol. The summed E-state index contributed by atoms with van der Waals surface area (Å²) in [5.74, 6) is -0.645. The van der Waals surface area contributed by atoms with Crippen LogP contribution in [0.3, 0.4) is 0 Å². The molecule has 1 unspecified atom stereocenters. The lowest BCUT2D eigenvalue weighted by Crippen LogP contribution is -2.44. The Hall–Kier alpha value is -3.86. The monoisotopic (exact) mass is 601 g/mol. The third kappa shape index (κ3) is 8.82. The molecule has 0 aliphatic carbocycles. The number of hydrogen-bond acceptors (Lipinski definition) is 5. The van der Waals surface area contributed by atoms with Gasteiger partial charge in [0.05, 0.1) is 24.4 Å². The smallest absolute Gasteiger partial charge is 0.416 e. The van der Waals surface area contributed by atoms with E-state index >= 15 is 0 Å². The van der Waals surface area contributed by atoms with E-state index in [1.807, 2.05) is 0 Å². The van der Waals surface area contributed by atoms with Gasteiger partial charge in [-0.3, -0.25) is 14.5 Å². The predicted molar refractivity (Wildman–Crippen MR) is 156 cm³/mol. The molecule has 6 nitrogen and oxygen atoms in total. The van der Waals surface area contributed by atoms with E-state index in [9.17, 15) is 27.2 Å². The van der Waals surface area contributed by atoms with E-state index in [0.717, 1.165) is 49.6 Å². The standard InChI is InChI=1S/C31H31F4N3O3S/c1-2-3-4-5-17-41-26-15-13-24(14-16-26)36-29(40)27-19-28(39)38(20-21-9-11-23(32)12-10-21)30(42-27)37-25-8-6-7-22(18-25)31(33,34)35/h6-16,18,27H,2-5,17,19-20H2,1H3,(H,36,40). The number of halogens is 4. The molecule has 0 spiro atoms. The van der Waals surface area contributed by atoms with E-state index in [4.69, 9.17) is 4.74 Å². The van der Waals surface area contributed by atoms with Gasteiger partial charge in [0, 0.05) is 12.1 Å². The van der Waals surface area contributed by atoms with Crippen molar-refractivity contribution in [3.05, 3.63) is 89.7 Å². The molecule has 11 heteroatoms. The zero-order valence-corrected chi connectivity index (χ0v) is 23.8. The van der Waals surface area contributed by atoms with Crippen LogP contribution in [-0.2, 0) is 22.3 Å². The predicted octanol–water partition coefficient (Wildman–Crippen LogP) is 7.96. The molecule has 1 fully saturated rings. The maximum Gasteiger partial charge on any atom is 0.416 e. The first-order chi connectivity index (χ1) is 20.1. The van der Waals surface area contributed by atoms with Crippen molar-refractivity contribution in [3.63, 3.8) is 0 Å². The van der Waals surface area contributed by atoms with Gasteiger partial charge >= 0.3 is 6.18 Å². The third-order valence-electron chi connectivity index (χ3n) is 6.47. The largest absolute Gasteiger partial charge is 0.494 e. The van der Waals surface area contributed by atoms with Crippen LogP contribution < -0.4 is 10.1 Å². The topological polar surface area (TPSA) is 71.0 Å². The summed E-state index contributed by atoms with van der Waals surface area (Å²) in [6.07, 6.45) is -0.364. The number of anilines is 1. The maximum atomic E-state index is 13.4. The SMILES string of the molecule is CCCCCCOc1ccc(NC(=O)C2CC(=O)N(Cc3ccc(F)cc3)C(=Nc3cccc(C(F)(F)F)c3)S2)cc1. The van der Waals surface area contributed by atoms with E-state index < -0.39 is 34.6 Å². The molecular weight excluding hydrogens is 570 g/mol. The van der Waals surface area contributed by atoms with Crippen molar-refractivity contribution in [2.24, 2.45) is 4.99 Å².